The van der Waals surface area contributed by atoms with Gasteiger partial charge in [-0.15, -0.1) is 0 Å². The van der Waals surface area contributed by atoms with Crippen molar-refractivity contribution in [2.75, 3.05) is 0 Å². The summed E-state index contributed by atoms with van der Waals surface area (Å²) in [6.45, 7) is 9.40. The molecule has 0 aromatic carbocycles. The molecule has 25 heavy (non-hydrogen) atoms. The molecule has 1 fully saturated rings. The topological polar surface area (TPSA) is 69.7 Å². The van der Waals surface area contributed by atoms with Gasteiger partial charge >= 0.3 is 11.9 Å². The molecule has 0 radical (unpaired) electrons. The first-order valence-corrected chi connectivity index (χ1v) is 9.01. The van der Waals surface area contributed by atoms with Crippen LogP contribution in [0, 0.1) is 17.8 Å². The van der Waals surface area contributed by atoms with Gasteiger partial charge in [0, 0.05) is 35.8 Å². The van der Waals surface area contributed by atoms with Crippen molar-refractivity contribution >= 4 is 17.7 Å². The largest absolute Gasteiger partial charge is 0.459 e. The molecule has 2 rings (SSSR count). The van der Waals surface area contributed by atoms with Gasteiger partial charge in [-0.25, -0.2) is 9.59 Å². The summed E-state index contributed by atoms with van der Waals surface area (Å²) in [4.78, 5) is 36.8. The first-order valence-electron chi connectivity index (χ1n) is 9.01. The second-order valence-corrected chi connectivity index (χ2v) is 7.42. The van der Waals surface area contributed by atoms with E-state index in [0.717, 1.165) is 0 Å². The van der Waals surface area contributed by atoms with Crippen LogP contribution in [0.2, 0.25) is 0 Å². The molecule has 0 saturated carbocycles. The zero-order chi connectivity index (χ0) is 18.7. The van der Waals surface area contributed by atoms with Gasteiger partial charge in [-0.2, -0.15) is 0 Å². The lowest BCUT2D eigenvalue weighted by Gasteiger charge is -2.34. The number of fused-ring (bicyclic) bond motifs is 2. The summed E-state index contributed by atoms with van der Waals surface area (Å²) in [5.74, 6) is -0.923. The van der Waals surface area contributed by atoms with E-state index < -0.39 is 6.10 Å². The van der Waals surface area contributed by atoms with Gasteiger partial charge in [-0.1, -0.05) is 32.9 Å². The third-order valence-electron chi connectivity index (χ3n) is 5.27. The number of rotatable bonds is 3. The highest BCUT2D eigenvalue weighted by Crippen LogP contribution is 2.37. The highest BCUT2D eigenvalue weighted by molar-refractivity contribution is 5.92. The normalized spacial score (nSPS) is 30.8. The maximum Gasteiger partial charge on any atom is 0.334 e. The van der Waals surface area contributed by atoms with Gasteiger partial charge in [0.05, 0.1) is 0 Å². The van der Waals surface area contributed by atoms with Gasteiger partial charge in [-0.05, 0) is 26.2 Å². The maximum absolute atomic E-state index is 12.4. The standard InChI is InChI=1S/C20H28O5/c1-6-12(4)19(22)24-16-9-13(5)15(21)8-7-14-10-17(25-20(14)23)18(16)11(2)3/h6-7,11,13,16-18H,8-10H2,1-5H3. The van der Waals surface area contributed by atoms with Crippen LogP contribution in [0.4, 0.5) is 0 Å². The Morgan fingerprint density at radius 3 is 2.64 bits per heavy atom. The van der Waals surface area contributed by atoms with E-state index in [9.17, 15) is 14.4 Å². The summed E-state index contributed by atoms with van der Waals surface area (Å²) in [5, 5.41) is 0. The number of hydrogen-bond donors (Lipinski definition) is 0. The smallest absolute Gasteiger partial charge is 0.334 e. The van der Waals surface area contributed by atoms with Crippen LogP contribution in [0.1, 0.15) is 53.9 Å². The molecule has 0 N–H and O–H groups in total. The summed E-state index contributed by atoms with van der Waals surface area (Å²) in [5.41, 5.74) is 1.09. The fourth-order valence-electron chi connectivity index (χ4n) is 3.57. The number of allylic oxidation sites excluding steroid dienone is 2. The highest BCUT2D eigenvalue weighted by atomic mass is 16.6. The van der Waals surface area contributed by atoms with Gasteiger partial charge in [-0.3, -0.25) is 4.79 Å². The van der Waals surface area contributed by atoms with E-state index in [4.69, 9.17) is 9.47 Å². The minimum atomic E-state index is -0.461. The van der Waals surface area contributed by atoms with Crippen LogP contribution >= 0.6 is 0 Å². The van der Waals surface area contributed by atoms with Gasteiger partial charge in [0.15, 0.2) is 0 Å². The van der Waals surface area contributed by atoms with E-state index in [2.05, 4.69) is 0 Å². The molecule has 4 unspecified atom stereocenters. The summed E-state index contributed by atoms with van der Waals surface area (Å²) in [7, 11) is 0. The van der Waals surface area contributed by atoms with Crippen molar-refractivity contribution in [1.82, 2.24) is 0 Å². The number of ketones is 1. The Kier molecular flexibility index (Phi) is 6.20. The van der Waals surface area contributed by atoms with Crippen LogP contribution in [0.25, 0.3) is 0 Å². The molecule has 4 atom stereocenters. The van der Waals surface area contributed by atoms with Crippen molar-refractivity contribution < 1.29 is 23.9 Å². The van der Waals surface area contributed by atoms with Crippen molar-refractivity contribution in [3.05, 3.63) is 23.3 Å². The predicted molar refractivity (Wildman–Crippen MR) is 93.6 cm³/mol. The molecule has 1 heterocycles. The minimum absolute atomic E-state index is 0.0527. The molecule has 0 spiro atoms. The number of ether oxygens (including phenoxy) is 2. The van der Waals surface area contributed by atoms with Gasteiger partial charge in [0.25, 0.3) is 0 Å². The Morgan fingerprint density at radius 1 is 1.36 bits per heavy atom. The van der Waals surface area contributed by atoms with Crippen LogP contribution in [0.15, 0.2) is 23.3 Å². The third kappa shape index (κ3) is 4.39. The van der Waals surface area contributed by atoms with Crippen molar-refractivity contribution in [2.24, 2.45) is 17.8 Å². The maximum atomic E-state index is 12.4. The number of Topliss-reactive ketones (excluding diaryl/α,β-unsaturated/α-hetero) is 1. The van der Waals surface area contributed by atoms with Crippen LogP contribution in [-0.4, -0.2) is 29.9 Å². The van der Waals surface area contributed by atoms with E-state index in [-0.39, 0.29) is 48.0 Å². The molecule has 1 saturated heterocycles. The molecule has 5 nitrogen and oxygen atoms in total. The number of carbonyl (C=O) groups excluding carboxylic acids is 3. The highest BCUT2D eigenvalue weighted by Gasteiger charge is 2.43. The Labute approximate surface area is 149 Å². The zero-order valence-electron chi connectivity index (χ0n) is 15.7. The van der Waals surface area contributed by atoms with Crippen LogP contribution < -0.4 is 0 Å². The SMILES string of the molecule is CC=C(C)C(=O)OC1CC(C)C(=O)CC=C2CC(OC2=O)C1C(C)C. The molecule has 1 aliphatic heterocycles. The zero-order valence-corrected chi connectivity index (χ0v) is 15.7. The summed E-state index contributed by atoms with van der Waals surface area (Å²) in [6, 6.07) is 0. The summed E-state index contributed by atoms with van der Waals surface area (Å²) >= 11 is 0. The molecule has 5 heteroatoms. The Balaban J connectivity index is 2.38. The summed E-state index contributed by atoms with van der Waals surface area (Å²) in [6.07, 6.45) is 3.77. The molecule has 0 aromatic rings. The number of carbonyl (C=O) groups is 3. The molecule has 2 aliphatic rings. The van der Waals surface area contributed by atoms with Gasteiger partial charge < -0.3 is 9.47 Å². The van der Waals surface area contributed by atoms with E-state index in [1.165, 1.54) is 0 Å². The summed E-state index contributed by atoms with van der Waals surface area (Å²) < 4.78 is 11.4. The lowest BCUT2D eigenvalue weighted by Crippen LogP contribution is -2.40. The van der Waals surface area contributed by atoms with Crippen molar-refractivity contribution in [1.29, 1.82) is 0 Å². The fraction of sp³-hybridized carbons (Fsp3) is 0.650. The Bertz CT molecular complexity index is 614. The third-order valence-corrected chi connectivity index (χ3v) is 5.27. The van der Waals surface area contributed by atoms with Crippen LogP contribution in [0.3, 0.4) is 0 Å². The van der Waals surface area contributed by atoms with Crippen molar-refractivity contribution in [2.45, 2.75) is 66.1 Å². The Morgan fingerprint density at radius 2 is 2.04 bits per heavy atom. The molecule has 2 bridgehead atoms. The Hall–Kier alpha value is -1.91. The fourth-order valence-corrected chi connectivity index (χ4v) is 3.57. The number of esters is 2. The monoisotopic (exact) mass is 348 g/mol. The van der Waals surface area contributed by atoms with E-state index >= 15 is 0 Å². The van der Waals surface area contributed by atoms with Crippen molar-refractivity contribution in [3.63, 3.8) is 0 Å². The van der Waals surface area contributed by atoms with Crippen LogP contribution in [-0.2, 0) is 23.9 Å². The average Bonchev–Trinajstić information content (AvgIpc) is 2.90. The average molecular weight is 348 g/mol. The van der Waals surface area contributed by atoms with Gasteiger partial charge in [0.1, 0.15) is 18.0 Å². The minimum Gasteiger partial charge on any atom is -0.459 e. The van der Waals surface area contributed by atoms with Gasteiger partial charge in [0.2, 0.25) is 0 Å². The van der Waals surface area contributed by atoms with Crippen molar-refractivity contribution in [3.8, 4) is 0 Å². The quantitative estimate of drug-likeness (QED) is 0.578. The lowest BCUT2D eigenvalue weighted by molar-refractivity contribution is -0.157. The lowest BCUT2D eigenvalue weighted by atomic mass is 9.78. The number of hydrogen-bond acceptors (Lipinski definition) is 5. The first kappa shape index (κ1) is 19.4. The molecule has 1 aliphatic carbocycles. The van der Waals surface area contributed by atoms with E-state index in [1.54, 1.807) is 26.0 Å². The van der Waals surface area contributed by atoms with E-state index in [0.29, 0.717) is 24.0 Å². The second-order valence-electron chi connectivity index (χ2n) is 7.42. The van der Waals surface area contributed by atoms with Crippen LogP contribution in [0.5, 0.6) is 0 Å². The molecular formula is C20H28O5. The van der Waals surface area contributed by atoms with E-state index in [1.807, 2.05) is 20.8 Å². The molecule has 0 amide bonds. The first-order chi connectivity index (χ1) is 11.7. The predicted octanol–water partition coefficient (Wildman–Crippen LogP) is 3.38. The molecule has 0 aromatic heterocycles. The molecule has 138 valence electrons. The molecular weight excluding hydrogens is 320 g/mol. The second kappa shape index (κ2) is 7.98.